The largest absolute Gasteiger partial charge is 0.359 e. The lowest BCUT2D eigenvalue weighted by Crippen LogP contribution is -2.32. The molecule has 2 aliphatic rings. The number of aromatic amines is 1. The highest BCUT2D eigenvalue weighted by atomic mass is 16.2. The molecule has 3 rings (SSSR count). The van der Waals surface area contributed by atoms with Crippen LogP contribution in [0.2, 0.25) is 0 Å². The first-order chi connectivity index (χ1) is 10.6. The minimum Gasteiger partial charge on any atom is -0.359 e. The van der Waals surface area contributed by atoms with Gasteiger partial charge in [0.2, 0.25) is 0 Å². The van der Waals surface area contributed by atoms with Gasteiger partial charge in [0.05, 0.1) is 11.4 Å². The third-order valence-corrected chi connectivity index (χ3v) is 3.90. The van der Waals surface area contributed by atoms with Crippen molar-refractivity contribution >= 4 is 23.9 Å². The summed E-state index contributed by atoms with van der Waals surface area (Å²) in [5.41, 5.74) is 13.8. The Morgan fingerprint density at radius 1 is 1.41 bits per heavy atom. The van der Waals surface area contributed by atoms with Crippen molar-refractivity contribution in [1.29, 1.82) is 0 Å². The molecule has 114 valence electrons. The number of H-pyrrole nitrogens is 1. The lowest BCUT2D eigenvalue weighted by molar-refractivity contribution is -0.120. The van der Waals surface area contributed by atoms with Crippen LogP contribution >= 0.6 is 0 Å². The number of hydrogen-bond acceptors (Lipinski definition) is 5. The molecule has 1 amide bonds. The average Bonchev–Trinajstić information content (AvgIpc) is 3.04. The number of aryl methyl sites for hydroxylation is 1. The predicted octanol–water partition coefficient (Wildman–Crippen LogP) is 0.678. The number of nitrogens with two attached hydrogens (primary N) is 1. The molecule has 0 saturated heterocycles. The topological polar surface area (TPSA) is 108 Å². The summed E-state index contributed by atoms with van der Waals surface area (Å²) >= 11 is 0. The van der Waals surface area contributed by atoms with E-state index in [2.05, 4.69) is 25.8 Å². The normalized spacial score (nSPS) is 22.0. The van der Waals surface area contributed by atoms with E-state index in [-0.39, 0.29) is 5.91 Å². The van der Waals surface area contributed by atoms with E-state index in [0.717, 1.165) is 28.2 Å². The Hall–Kier alpha value is -2.67. The monoisotopic (exact) mass is 298 g/mol. The highest BCUT2D eigenvalue weighted by Gasteiger charge is 2.29. The molecule has 0 bridgehead atoms. The molecule has 0 radical (unpaired) electrons. The molecule has 0 spiro atoms. The molecule has 0 aliphatic carbocycles. The smallest absolute Gasteiger partial charge is 0.254 e. The van der Waals surface area contributed by atoms with Crippen LogP contribution in [0.1, 0.15) is 22.5 Å². The summed E-state index contributed by atoms with van der Waals surface area (Å²) in [6, 6.07) is 0. The van der Waals surface area contributed by atoms with E-state index in [0.29, 0.717) is 12.3 Å². The molecular weight excluding hydrogens is 280 g/mol. The summed E-state index contributed by atoms with van der Waals surface area (Å²) in [5, 5.41) is 6.95. The number of aliphatic imine (C=N–C) groups is 1. The van der Waals surface area contributed by atoms with Gasteiger partial charge in [0.25, 0.3) is 5.91 Å². The van der Waals surface area contributed by atoms with E-state index < -0.39 is 5.92 Å². The molecular formula is C15H18N6O. The number of amides is 1. The maximum Gasteiger partial charge on any atom is 0.254 e. The lowest BCUT2D eigenvalue weighted by Gasteiger charge is -2.16. The molecule has 0 fully saturated rings. The number of nitrogens with zero attached hydrogens (tertiary/aromatic N) is 2. The predicted molar refractivity (Wildman–Crippen MR) is 86.0 cm³/mol. The van der Waals surface area contributed by atoms with Crippen molar-refractivity contribution in [3.05, 3.63) is 40.6 Å². The zero-order chi connectivity index (χ0) is 15.7. The van der Waals surface area contributed by atoms with Gasteiger partial charge < -0.3 is 16.0 Å². The minimum atomic E-state index is -0.478. The summed E-state index contributed by atoms with van der Waals surface area (Å²) in [6.45, 7) is 4.51. The lowest BCUT2D eigenvalue weighted by atomic mass is 9.99. The highest BCUT2D eigenvalue weighted by molar-refractivity contribution is 6.24. The van der Waals surface area contributed by atoms with Crippen LogP contribution < -0.4 is 16.5 Å². The van der Waals surface area contributed by atoms with Crippen LogP contribution in [0.25, 0.3) is 6.08 Å². The summed E-state index contributed by atoms with van der Waals surface area (Å²) in [6.07, 6.45) is 6.87. The molecule has 22 heavy (non-hydrogen) atoms. The Labute approximate surface area is 128 Å². The van der Waals surface area contributed by atoms with Gasteiger partial charge in [-0.3, -0.25) is 9.79 Å². The van der Waals surface area contributed by atoms with E-state index in [1.54, 1.807) is 18.6 Å². The van der Waals surface area contributed by atoms with Gasteiger partial charge in [0, 0.05) is 36.5 Å². The standard InChI is InChI=1S/C15H18N6O/c1-8-10(6-16)9(2)20-12(8)5-13-14(18-4-3-17-13)11-7-19-21-15(11)22/h3-5,7,11,17,20H,6,16H2,1-2H3,(H,21,22). The average molecular weight is 298 g/mol. The second kappa shape index (κ2) is 5.61. The van der Waals surface area contributed by atoms with Gasteiger partial charge in [-0.05, 0) is 31.1 Å². The molecule has 1 unspecified atom stereocenters. The number of carbonyl (C=O) groups excluding carboxylic acids is 1. The second-order valence-electron chi connectivity index (χ2n) is 5.24. The highest BCUT2D eigenvalue weighted by Crippen LogP contribution is 2.21. The van der Waals surface area contributed by atoms with Crippen molar-refractivity contribution in [1.82, 2.24) is 15.7 Å². The maximum absolute atomic E-state index is 11.8. The fraction of sp³-hybridized carbons (Fsp3) is 0.267. The van der Waals surface area contributed by atoms with Gasteiger partial charge in [-0.25, -0.2) is 5.43 Å². The van der Waals surface area contributed by atoms with E-state index >= 15 is 0 Å². The second-order valence-corrected chi connectivity index (χ2v) is 5.24. The van der Waals surface area contributed by atoms with Gasteiger partial charge in [0.15, 0.2) is 0 Å². The third-order valence-electron chi connectivity index (χ3n) is 3.90. The Morgan fingerprint density at radius 3 is 2.86 bits per heavy atom. The molecule has 5 N–H and O–H groups in total. The van der Waals surface area contributed by atoms with Gasteiger partial charge >= 0.3 is 0 Å². The Balaban J connectivity index is 1.99. The van der Waals surface area contributed by atoms with Crippen molar-refractivity contribution in [2.24, 2.45) is 21.7 Å². The van der Waals surface area contributed by atoms with Crippen molar-refractivity contribution in [2.75, 3.05) is 0 Å². The summed E-state index contributed by atoms with van der Waals surface area (Å²) < 4.78 is 0. The van der Waals surface area contributed by atoms with Gasteiger partial charge in [-0.15, -0.1) is 0 Å². The van der Waals surface area contributed by atoms with Crippen molar-refractivity contribution in [3.63, 3.8) is 0 Å². The fourth-order valence-electron chi connectivity index (χ4n) is 2.67. The number of hydrazone groups is 1. The fourth-order valence-corrected chi connectivity index (χ4v) is 2.67. The van der Waals surface area contributed by atoms with Crippen LogP contribution in [-0.2, 0) is 11.3 Å². The van der Waals surface area contributed by atoms with E-state index in [1.807, 2.05) is 19.9 Å². The quantitative estimate of drug-likeness (QED) is 0.659. The van der Waals surface area contributed by atoms with Crippen LogP contribution in [0.5, 0.6) is 0 Å². The summed E-state index contributed by atoms with van der Waals surface area (Å²) in [7, 11) is 0. The Morgan fingerprint density at radius 2 is 2.23 bits per heavy atom. The zero-order valence-electron chi connectivity index (χ0n) is 12.5. The first-order valence-corrected chi connectivity index (χ1v) is 7.04. The Kier molecular flexibility index (Phi) is 3.64. The maximum atomic E-state index is 11.8. The molecule has 0 aromatic carbocycles. The van der Waals surface area contributed by atoms with Gasteiger partial charge in [-0.2, -0.15) is 5.10 Å². The first kappa shape index (κ1) is 14.3. The number of aromatic nitrogens is 1. The van der Waals surface area contributed by atoms with Crippen LogP contribution in [0, 0.1) is 19.8 Å². The molecule has 3 heterocycles. The van der Waals surface area contributed by atoms with E-state index in [9.17, 15) is 4.79 Å². The first-order valence-electron chi connectivity index (χ1n) is 7.04. The molecule has 7 heteroatoms. The van der Waals surface area contributed by atoms with E-state index in [1.165, 1.54) is 0 Å². The van der Waals surface area contributed by atoms with Crippen molar-refractivity contribution < 1.29 is 4.79 Å². The van der Waals surface area contributed by atoms with Gasteiger partial charge in [-0.1, -0.05) is 0 Å². The molecule has 0 saturated carbocycles. The van der Waals surface area contributed by atoms with Crippen molar-refractivity contribution in [3.8, 4) is 0 Å². The molecule has 2 aliphatic heterocycles. The number of allylic oxidation sites excluding steroid dienone is 1. The number of carbonyl (C=O) groups is 1. The molecule has 1 aromatic heterocycles. The molecule has 1 atom stereocenters. The number of hydrogen-bond donors (Lipinski definition) is 4. The molecule has 1 aromatic rings. The van der Waals surface area contributed by atoms with E-state index in [4.69, 9.17) is 5.73 Å². The summed E-state index contributed by atoms with van der Waals surface area (Å²) in [5.74, 6) is -0.655. The van der Waals surface area contributed by atoms with Crippen LogP contribution in [0.3, 0.4) is 0 Å². The van der Waals surface area contributed by atoms with Crippen LogP contribution in [0.4, 0.5) is 0 Å². The number of nitrogens with one attached hydrogen (secondary N) is 3. The van der Waals surface area contributed by atoms with Gasteiger partial charge in [0.1, 0.15) is 5.92 Å². The van der Waals surface area contributed by atoms with Crippen molar-refractivity contribution in [2.45, 2.75) is 20.4 Å². The van der Waals surface area contributed by atoms with Crippen LogP contribution in [-0.4, -0.2) is 22.8 Å². The molecule has 7 nitrogen and oxygen atoms in total. The third kappa shape index (κ3) is 2.35. The SMILES string of the molecule is Cc1[nH]c(C=C2NC=CN=C2C2C=NNC2=O)c(C)c1CN. The zero-order valence-corrected chi connectivity index (χ0v) is 12.5. The minimum absolute atomic E-state index is 0.177. The number of rotatable bonds is 3. The summed E-state index contributed by atoms with van der Waals surface area (Å²) in [4.78, 5) is 19.5. The Bertz CT molecular complexity index is 737. The van der Waals surface area contributed by atoms with Crippen LogP contribution in [0.15, 0.2) is 28.2 Å².